The van der Waals surface area contributed by atoms with Crippen molar-refractivity contribution >= 4 is 12.0 Å². The normalized spacial score (nSPS) is 22.5. The highest BCUT2D eigenvalue weighted by molar-refractivity contribution is 5.87. The third-order valence-electron chi connectivity index (χ3n) is 3.79. The molecule has 0 aromatic heterocycles. The summed E-state index contributed by atoms with van der Waals surface area (Å²) < 4.78 is 19.5. The molecule has 3 unspecified atom stereocenters. The predicted molar refractivity (Wildman–Crippen MR) is 92.8 cm³/mol. The Balaban J connectivity index is 2.17. The zero-order valence-electron chi connectivity index (χ0n) is 14.9. The molecule has 2 rings (SSSR count). The fourth-order valence-electron chi connectivity index (χ4n) is 2.68. The molecule has 0 aliphatic carbocycles. The molecule has 1 aromatic rings. The maximum atomic E-state index is 14.3. The van der Waals surface area contributed by atoms with Crippen molar-refractivity contribution in [3.05, 3.63) is 46.3 Å². The van der Waals surface area contributed by atoms with Gasteiger partial charge in [0.1, 0.15) is 17.8 Å². The van der Waals surface area contributed by atoms with Gasteiger partial charge in [-0.2, -0.15) is 0 Å². The van der Waals surface area contributed by atoms with E-state index in [0.717, 1.165) is 10.5 Å². The van der Waals surface area contributed by atoms with Crippen LogP contribution < -0.4 is 5.32 Å². The van der Waals surface area contributed by atoms with Crippen LogP contribution >= 0.6 is 0 Å². The van der Waals surface area contributed by atoms with Crippen LogP contribution in [0.1, 0.15) is 26.3 Å². The van der Waals surface area contributed by atoms with Crippen molar-refractivity contribution in [2.24, 2.45) is 5.11 Å². The average molecular weight is 363 g/mol. The highest BCUT2D eigenvalue weighted by Gasteiger charge is 2.49. The van der Waals surface area contributed by atoms with E-state index in [2.05, 4.69) is 15.3 Å². The molecule has 1 aliphatic heterocycles. The maximum Gasteiger partial charge on any atom is 0.411 e. The number of hydrogen-bond acceptors (Lipinski definition) is 4. The van der Waals surface area contributed by atoms with Gasteiger partial charge in [-0.05, 0) is 31.9 Å². The lowest BCUT2D eigenvalue weighted by Crippen LogP contribution is -2.50. The van der Waals surface area contributed by atoms with E-state index < -0.39 is 35.9 Å². The first-order chi connectivity index (χ1) is 12.2. The number of halogens is 1. The van der Waals surface area contributed by atoms with Crippen LogP contribution in [-0.2, 0) is 16.1 Å². The third-order valence-corrected chi connectivity index (χ3v) is 3.79. The second kappa shape index (κ2) is 8.05. The minimum absolute atomic E-state index is 0.207. The first-order valence-electron chi connectivity index (χ1n) is 8.22. The molecule has 2 amide bonds. The summed E-state index contributed by atoms with van der Waals surface area (Å²) in [4.78, 5) is 28.6. The molecular formula is C17H22FN5O3. The molecule has 0 bridgehead atoms. The van der Waals surface area contributed by atoms with Crippen LogP contribution in [0.5, 0.6) is 0 Å². The van der Waals surface area contributed by atoms with Crippen molar-refractivity contribution in [1.29, 1.82) is 0 Å². The molecule has 0 radical (unpaired) electrons. The first kappa shape index (κ1) is 19.5. The average Bonchev–Trinajstić information content (AvgIpc) is 2.89. The number of likely N-dealkylation sites (tertiary alicyclic amines) is 1. The van der Waals surface area contributed by atoms with Gasteiger partial charge in [-0.3, -0.25) is 9.69 Å². The van der Waals surface area contributed by atoms with Crippen molar-refractivity contribution in [3.8, 4) is 0 Å². The third kappa shape index (κ3) is 4.86. The lowest BCUT2D eigenvalue weighted by Gasteiger charge is -2.28. The second-order valence-electron chi connectivity index (χ2n) is 6.99. The number of hydrogen-bond donors (Lipinski definition) is 1. The van der Waals surface area contributed by atoms with E-state index in [9.17, 15) is 14.0 Å². The van der Waals surface area contributed by atoms with E-state index in [0.29, 0.717) is 0 Å². The number of azide groups is 1. The standard InChI is InChI=1S/C17H22FN5O3/c1-17(2,3)26-16(25)23-10-12(18)13(21-22-19)14(23)15(24)20-9-11-7-5-4-6-8-11/h4-8,12-14H,9-10H2,1-3H3,(H,20,24). The Hall–Kier alpha value is -2.80. The van der Waals surface area contributed by atoms with E-state index in [1.54, 1.807) is 20.8 Å². The number of carbonyl (C=O) groups is 2. The summed E-state index contributed by atoms with van der Waals surface area (Å²) in [5.41, 5.74) is 8.73. The molecule has 1 aromatic carbocycles. The van der Waals surface area contributed by atoms with E-state index in [4.69, 9.17) is 10.3 Å². The predicted octanol–water partition coefficient (Wildman–Crippen LogP) is 2.94. The molecular weight excluding hydrogens is 341 g/mol. The topological polar surface area (TPSA) is 107 Å². The van der Waals surface area contributed by atoms with Crippen molar-refractivity contribution in [1.82, 2.24) is 10.2 Å². The zero-order chi connectivity index (χ0) is 19.3. The number of amides is 2. The van der Waals surface area contributed by atoms with Gasteiger partial charge >= 0.3 is 6.09 Å². The van der Waals surface area contributed by atoms with Crippen LogP contribution in [0.15, 0.2) is 35.4 Å². The highest BCUT2D eigenvalue weighted by Crippen LogP contribution is 2.26. The summed E-state index contributed by atoms with van der Waals surface area (Å²) in [6.07, 6.45) is -2.47. The number of carbonyl (C=O) groups excluding carboxylic acids is 2. The quantitative estimate of drug-likeness (QED) is 0.505. The summed E-state index contributed by atoms with van der Waals surface area (Å²) >= 11 is 0. The minimum Gasteiger partial charge on any atom is -0.444 e. The Kier molecular flexibility index (Phi) is 6.05. The molecule has 8 nitrogen and oxygen atoms in total. The van der Waals surface area contributed by atoms with Crippen molar-refractivity contribution in [3.63, 3.8) is 0 Å². The van der Waals surface area contributed by atoms with Crippen LogP contribution in [0.2, 0.25) is 0 Å². The summed E-state index contributed by atoms with van der Waals surface area (Å²) in [6, 6.07) is 6.57. The Bertz CT molecular complexity index is 700. The van der Waals surface area contributed by atoms with Gasteiger partial charge in [-0.1, -0.05) is 35.4 Å². The molecule has 0 saturated carbocycles. The van der Waals surface area contributed by atoms with Gasteiger partial charge in [0.15, 0.2) is 0 Å². The molecule has 1 fully saturated rings. The van der Waals surface area contributed by atoms with E-state index in [1.165, 1.54) is 0 Å². The Morgan fingerprint density at radius 1 is 1.38 bits per heavy atom. The second-order valence-corrected chi connectivity index (χ2v) is 6.99. The van der Waals surface area contributed by atoms with Crippen molar-refractivity contribution in [2.75, 3.05) is 6.54 Å². The summed E-state index contributed by atoms with van der Waals surface area (Å²) in [5.74, 6) is -0.600. The Morgan fingerprint density at radius 3 is 2.62 bits per heavy atom. The maximum absolute atomic E-state index is 14.3. The molecule has 0 spiro atoms. The van der Waals surface area contributed by atoms with Gasteiger partial charge < -0.3 is 10.1 Å². The molecule has 1 saturated heterocycles. The smallest absolute Gasteiger partial charge is 0.411 e. The SMILES string of the molecule is CC(C)(C)OC(=O)N1CC(F)C(N=[N+]=[N-])C1C(=O)NCc1ccccc1. The fourth-order valence-corrected chi connectivity index (χ4v) is 2.68. The molecule has 9 heteroatoms. The molecule has 1 N–H and O–H groups in total. The van der Waals surface area contributed by atoms with Crippen molar-refractivity contribution < 1.29 is 18.7 Å². The molecule has 26 heavy (non-hydrogen) atoms. The van der Waals surface area contributed by atoms with Gasteiger partial charge in [-0.15, -0.1) is 0 Å². The van der Waals surface area contributed by atoms with Gasteiger partial charge in [0.05, 0.1) is 12.6 Å². The molecule has 1 aliphatic rings. The van der Waals surface area contributed by atoms with E-state index in [-0.39, 0.29) is 13.1 Å². The fraction of sp³-hybridized carbons (Fsp3) is 0.529. The summed E-state index contributed by atoms with van der Waals surface area (Å²) in [7, 11) is 0. The minimum atomic E-state index is -1.65. The zero-order valence-corrected chi connectivity index (χ0v) is 14.9. The van der Waals surface area contributed by atoms with Crippen LogP contribution in [-0.4, -0.2) is 47.3 Å². The van der Waals surface area contributed by atoms with Gasteiger partial charge in [0, 0.05) is 11.5 Å². The number of nitrogens with one attached hydrogen (secondary N) is 1. The monoisotopic (exact) mass is 363 g/mol. The Morgan fingerprint density at radius 2 is 2.04 bits per heavy atom. The van der Waals surface area contributed by atoms with Gasteiger partial charge in [0.2, 0.25) is 5.91 Å². The number of nitrogens with zero attached hydrogens (tertiary/aromatic N) is 4. The van der Waals surface area contributed by atoms with Gasteiger partial charge in [0.25, 0.3) is 0 Å². The van der Waals surface area contributed by atoms with Crippen LogP contribution in [0, 0.1) is 0 Å². The molecule has 140 valence electrons. The number of rotatable bonds is 4. The van der Waals surface area contributed by atoms with E-state index in [1.807, 2.05) is 30.3 Å². The van der Waals surface area contributed by atoms with Crippen LogP contribution in [0.25, 0.3) is 10.4 Å². The largest absolute Gasteiger partial charge is 0.444 e. The first-order valence-corrected chi connectivity index (χ1v) is 8.22. The molecule has 1 heterocycles. The highest BCUT2D eigenvalue weighted by atomic mass is 19.1. The number of benzene rings is 1. The summed E-state index contributed by atoms with van der Waals surface area (Å²) in [5, 5.41) is 6.05. The Labute approximate surface area is 150 Å². The van der Waals surface area contributed by atoms with Gasteiger partial charge in [-0.25, -0.2) is 9.18 Å². The lowest BCUT2D eigenvalue weighted by molar-refractivity contribution is -0.126. The number of ether oxygens (including phenoxy) is 1. The number of alkyl halides is 1. The van der Waals surface area contributed by atoms with Crippen LogP contribution in [0.3, 0.4) is 0 Å². The molecule has 3 atom stereocenters. The van der Waals surface area contributed by atoms with E-state index >= 15 is 0 Å². The lowest BCUT2D eigenvalue weighted by atomic mass is 10.1. The van der Waals surface area contributed by atoms with Crippen LogP contribution in [0.4, 0.5) is 9.18 Å². The summed E-state index contributed by atoms with van der Waals surface area (Å²) in [6.45, 7) is 4.84. The van der Waals surface area contributed by atoms with Crippen molar-refractivity contribution in [2.45, 2.75) is 51.2 Å².